The number of urea groups is 1. The number of nitrogens with one attached hydrogen (secondary N) is 2. The molecule has 1 saturated heterocycles. The van der Waals surface area contributed by atoms with E-state index in [2.05, 4.69) is 22.8 Å². The third-order valence-corrected chi connectivity index (χ3v) is 8.43. The lowest BCUT2D eigenvalue weighted by Gasteiger charge is -2.36. The van der Waals surface area contributed by atoms with Gasteiger partial charge in [0.05, 0.1) is 25.9 Å². The molecule has 44 heavy (non-hydrogen) atoms. The molecule has 1 heterocycles. The number of methoxy groups -OCH3 is 1. The molecule has 4 atom stereocenters. The number of benzene rings is 4. The van der Waals surface area contributed by atoms with Crippen molar-refractivity contribution < 1.29 is 28.9 Å². The highest BCUT2D eigenvalue weighted by molar-refractivity contribution is 7.99. The molecule has 1 aliphatic heterocycles. The Kier molecular flexibility index (Phi) is 11.0. The molecule has 4 aromatic carbocycles. The smallest absolute Gasteiger partial charge is 0.328 e. The Morgan fingerprint density at radius 3 is 2.32 bits per heavy atom. The molecule has 0 aromatic heterocycles. The van der Waals surface area contributed by atoms with E-state index < -0.39 is 24.3 Å². The lowest BCUT2D eigenvalue weighted by molar-refractivity contribution is -0.245. The van der Waals surface area contributed by atoms with Crippen molar-refractivity contribution in [1.29, 1.82) is 0 Å². The van der Waals surface area contributed by atoms with Gasteiger partial charge in [-0.2, -0.15) is 0 Å². The Morgan fingerprint density at radius 2 is 1.61 bits per heavy atom. The molecular weight excluding hydrogens is 576 g/mol. The SMILES string of the molecule is COC(=O)C(Cc1ccccc1)NC(=O)Nc1cccc(C2OC(CSc3ccccc3)CC(c3ccc(CO)cc3)O2)c1. The van der Waals surface area contributed by atoms with Gasteiger partial charge in [-0.05, 0) is 41.0 Å². The van der Waals surface area contributed by atoms with Crippen LogP contribution in [0.3, 0.4) is 0 Å². The van der Waals surface area contributed by atoms with Gasteiger partial charge in [0.15, 0.2) is 6.29 Å². The van der Waals surface area contributed by atoms with Crippen LogP contribution in [0, 0.1) is 0 Å². The van der Waals surface area contributed by atoms with Crippen LogP contribution in [-0.2, 0) is 32.0 Å². The molecular formula is C35H36N2O6S. The summed E-state index contributed by atoms with van der Waals surface area (Å²) >= 11 is 1.73. The number of thioether (sulfide) groups is 1. The molecule has 4 unspecified atom stereocenters. The number of amides is 2. The minimum Gasteiger partial charge on any atom is -0.467 e. The molecule has 0 spiro atoms. The molecule has 1 fully saturated rings. The monoisotopic (exact) mass is 612 g/mol. The lowest BCUT2D eigenvalue weighted by atomic mass is 10.0. The fourth-order valence-corrected chi connectivity index (χ4v) is 5.95. The zero-order valence-corrected chi connectivity index (χ0v) is 25.2. The number of carbonyl (C=O) groups excluding carboxylic acids is 2. The molecule has 3 N–H and O–H groups in total. The average molecular weight is 613 g/mol. The van der Waals surface area contributed by atoms with Gasteiger partial charge in [-0.15, -0.1) is 11.8 Å². The molecule has 5 rings (SSSR count). The van der Waals surface area contributed by atoms with E-state index in [9.17, 15) is 14.7 Å². The summed E-state index contributed by atoms with van der Waals surface area (Å²) in [5.74, 6) is 0.213. The van der Waals surface area contributed by atoms with Gasteiger partial charge in [-0.1, -0.05) is 84.9 Å². The predicted molar refractivity (Wildman–Crippen MR) is 170 cm³/mol. The lowest BCUT2D eigenvalue weighted by Crippen LogP contribution is -2.45. The standard InChI is InChI=1S/C35H36N2O6S/c1-41-33(39)31(19-24-9-4-2-5-10-24)37-35(40)36-28-12-8-11-27(20-28)34-42-29(23-44-30-13-6-3-7-14-30)21-32(43-34)26-17-15-25(22-38)16-18-26/h2-18,20,29,31-32,34,38H,19,21-23H2,1H3,(H2,36,37,40). The van der Waals surface area contributed by atoms with E-state index in [1.807, 2.05) is 91.0 Å². The molecule has 228 valence electrons. The third-order valence-electron chi connectivity index (χ3n) is 7.28. The van der Waals surface area contributed by atoms with E-state index in [-0.39, 0.29) is 18.8 Å². The van der Waals surface area contributed by atoms with E-state index >= 15 is 0 Å². The van der Waals surface area contributed by atoms with Gasteiger partial charge in [0.2, 0.25) is 0 Å². The van der Waals surface area contributed by atoms with E-state index in [1.54, 1.807) is 17.8 Å². The highest BCUT2D eigenvalue weighted by atomic mass is 32.2. The van der Waals surface area contributed by atoms with Crippen molar-refractivity contribution in [3.05, 3.63) is 131 Å². The Hall–Kier alpha value is -4.15. The van der Waals surface area contributed by atoms with E-state index in [0.29, 0.717) is 18.5 Å². The van der Waals surface area contributed by atoms with Crippen LogP contribution >= 0.6 is 11.8 Å². The first-order valence-corrected chi connectivity index (χ1v) is 15.5. The van der Waals surface area contributed by atoms with Crippen molar-refractivity contribution in [2.24, 2.45) is 0 Å². The van der Waals surface area contributed by atoms with Crippen molar-refractivity contribution >= 4 is 29.4 Å². The second kappa shape index (κ2) is 15.5. The van der Waals surface area contributed by atoms with Crippen LogP contribution in [-0.4, -0.2) is 42.1 Å². The Labute approximate surface area is 261 Å². The van der Waals surface area contributed by atoms with E-state index in [1.165, 1.54) is 7.11 Å². The summed E-state index contributed by atoms with van der Waals surface area (Å²) in [4.78, 5) is 26.5. The van der Waals surface area contributed by atoms with Crippen molar-refractivity contribution in [2.45, 2.75) is 48.9 Å². The van der Waals surface area contributed by atoms with Crippen LogP contribution in [0.1, 0.15) is 41.1 Å². The third kappa shape index (κ3) is 8.70. The number of anilines is 1. The number of esters is 1. The molecule has 4 aromatic rings. The molecule has 2 amide bonds. The molecule has 0 bridgehead atoms. The largest absolute Gasteiger partial charge is 0.467 e. The first-order chi connectivity index (χ1) is 21.5. The summed E-state index contributed by atoms with van der Waals surface area (Å²) in [5, 5.41) is 15.0. The highest BCUT2D eigenvalue weighted by Crippen LogP contribution is 2.40. The van der Waals surface area contributed by atoms with Crippen molar-refractivity contribution in [1.82, 2.24) is 5.32 Å². The normalized spacial score (nSPS) is 18.6. The molecule has 8 nitrogen and oxygen atoms in total. The van der Waals surface area contributed by atoms with Crippen molar-refractivity contribution in [2.75, 3.05) is 18.2 Å². The Bertz CT molecular complexity index is 1500. The maximum absolute atomic E-state index is 13.0. The van der Waals surface area contributed by atoms with Crippen LogP contribution in [0.2, 0.25) is 0 Å². The zero-order valence-electron chi connectivity index (χ0n) is 24.4. The van der Waals surface area contributed by atoms with Gasteiger partial charge < -0.3 is 30.0 Å². The first kappa shape index (κ1) is 31.3. The van der Waals surface area contributed by atoms with E-state index in [4.69, 9.17) is 14.2 Å². The van der Waals surface area contributed by atoms with Crippen LogP contribution in [0.25, 0.3) is 0 Å². The molecule has 0 saturated carbocycles. The molecule has 0 radical (unpaired) electrons. The molecule has 0 aliphatic carbocycles. The fourth-order valence-electron chi connectivity index (χ4n) is 5.00. The number of hydrogen-bond donors (Lipinski definition) is 3. The predicted octanol–water partition coefficient (Wildman–Crippen LogP) is 6.42. The Balaban J connectivity index is 1.29. The Morgan fingerprint density at radius 1 is 0.886 bits per heavy atom. The summed E-state index contributed by atoms with van der Waals surface area (Å²) in [5.41, 5.74) is 4.02. The minimum atomic E-state index is -0.851. The second-order valence-electron chi connectivity index (χ2n) is 10.5. The summed E-state index contributed by atoms with van der Waals surface area (Å²) in [7, 11) is 1.30. The minimum absolute atomic E-state index is 0.0200. The zero-order chi connectivity index (χ0) is 30.7. The maximum atomic E-state index is 13.0. The topological polar surface area (TPSA) is 106 Å². The number of rotatable bonds is 11. The summed E-state index contributed by atoms with van der Waals surface area (Å²) in [6.45, 7) is -0.0200. The summed E-state index contributed by atoms with van der Waals surface area (Å²) in [6.07, 6.45) is -0.0145. The average Bonchev–Trinajstić information content (AvgIpc) is 3.07. The van der Waals surface area contributed by atoms with Crippen LogP contribution < -0.4 is 10.6 Å². The summed E-state index contributed by atoms with van der Waals surface area (Å²) < 4.78 is 17.8. The first-order valence-electron chi connectivity index (χ1n) is 14.5. The fraction of sp³-hybridized carbons (Fsp3) is 0.257. The molecule has 1 aliphatic rings. The summed E-state index contributed by atoms with van der Waals surface area (Å²) in [6, 6.07) is 33.3. The number of hydrogen-bond acceptors (Lipinski definition) is 7. The second-order valence-corrected chi connectivity index (χ2v) is 11.6. The number of ether oxygens (including phenoxy) is 3. The highest BCUT2D eigenvalue weighted by Gasteiger charge is 2.32. The van der Waals surface area contributed by atoms with Gasteiger partial charge in [-0.25, -0.2) is 9.59 Å². The maximum Gasteiger partial charge on any atom is 0.328 e. The van der Waals surface area contributed by atoms with E-state index in [0.717, 1.165) is 32.9 Å². The van der Waals surface area contributed by atoms with Crippen LogP contribution in [0.5, 0.6) is 0 Å². The van der Waals surface area contributed by atoms with Gasteiger partial charge >= 0.3 is 12.0 Å². The van der Waals surface area contributed by atoms with Crippen LogP contribution in [0.4, 0.5) is 10.5 Å². The van der Waals surface area contributed by atoms with Gasteiger partial charge in [0.25, 0.3) is 0 Å². The number of aliphatic hydroxyl groups is 1. The van der Waals surface area contributed by atoms with Gasteiger partial charge in [0, 0.05) is 34.7 Å². The quantitative estimate of drug-likeness (QED) is 0.133. The van der Waals surface area contributed by atoms with Crippen molar-refractivity contribution in [3.63, 3.8) is 0 Å². The van der Waals surface area contributed by atoms with Gasteiger partial charge in [0.1, 0.15) is 6.04 Å². The van der Waals surface area contributed by atoms with Crippen LogP contribution in [0.15, 0.2) is 114 Å². The molecule has 9 heteroatoms. The number of carbonyl (C=O) groups is 2. The number of aliphatic hydroxyl groups excluding tert-OH is 1. The van der Waals surface area contributed by atoms with Crippen molar-refractivity contribution in [3.8, 4) is 0 Å². The van der Waals surface area contributed by atoms with Gasteiger partial charge in [-0.3, -0.25) is 0 Å².